The Kier molecular flexibility index (Phi) is 3.01. The average molecular weight is 304 g/mol. The van der Waals surface area contributed by atoms with Crippen molar-refractivity contribution in [3.63, 3.8) is 0 Å². The minimum atomic E-state index is 0.628. The molecule has 2 heterocycles. The Morgan fingerprint density at radius 3 is 2.48 bits per heavy atom. The predicted molar refractivity (Wildman–Crippen MR) is 88.6 cm³/mol. The number of benzene rings is 2. The molecule has 0 bridgehead atoms. The van der Waals surface area contributed by atoms with Gasteiger partial charge in [-0.2, -0.15) is 0 Å². The number of hydrogen-bond donors (Lipinski definition) is 0. The predicted octanol–water partition coefficient (Wildman–Crippen LogP) is 4.00. The molecular formula is C18H16N4O. The van der Waals surface area contributed by atoms with E-state index in [1.807, 2.05) is 29.7 Å². The number of nitrogens with zero attached hydrogens (tertiary/aromatic N) is 4. The molecule has 0 aliphatic rings. The first-order chi connectivity index (χ1) is 11.1. The van der Waals surface area contributed by atoms with Crippen LogP contribution in [0, 0.1) is 20.8 Å². The van der Waals surface area contributed by atoms with Crippen LogP contribution < -0.4 is 0 Å². The summed E-state index contributed by atoms with van der Waals surface area (Å²) in [5, 5.41) is 7.74. The van der Waals surface area contributed by atoms with E-state index in [2.05, 4.69) is 41.2 Å². The second-order valence-electron chi connectivity index (χ2n) is 5.82. The van der Waals surface area contributed by atoms with Crippen LogP contribution in [0.5, 0.6) is 0 Å². The highest BCUT2D eigenvalue weighted by Gasteiger charge is 2.12. The fraction of sp³-hybridized carbons (Fsp3) is 0.167. The van der Waals surface area contributed by atoms with Crippen molar-refractivity contribution in [3.05, 3.63) is 59.7 Å². The molecule has 0 unspecified atom stereocenters. The Hall–Kier alpha value is -2.95. The average Bonchev–Trinajstić information content (AvgIpc) is 3.16. The number of oxazole rings is 1. The van der Waals surface area contributed by atoms with Gasteiger partial charge in [0, 0.05) is 5.56 Å². The summed E-state index contributed by atoms with van der Waals surface area (Å²) >= 11 is 0. The van der Waals surface area contributed by atoms with Crippen LogP contribution in [0.25, 0.3) is 28.2 Å². The number of fused-ring (bicyclic) bond motifs is 1. The van der Waals surface area contributed by atoms with Crippen molar-refractivity contribution >= 4 is 11.1 Å². The Balaban J connectivity index is 1.88. The molecule has 0 amide bonds. The third-order valence-corrected chi connectivity index (χ3v) is 3.97. The fourth-order valence-electron chi connectivity index (χ4n) is 2.85. The summed E-state index contributed by atoms with van der Waals surface area (Å²) in [7, 11) is 0. The highest BCUT2D eigenvalue weighted by Crippen LogP contribution is 2.29. The van der Waals surface area contributed by atoms with E-state index < -0.39 is 0 Å². The standard InChI is InChI=1S/C18H16N4O/c1-11-6-13(3)17-15(7-11)21-18(23-17)14-5-4-12(2)16(8-14)22-9-19-20-10-22/h4-10H,1-3H3. The first-order valence-electron chi connectivity index (χ1n) is 7.45. The van der Waals surface area contributed by atoms with E-state index in [0.29, 0.717) is 5.89 Å². The van der Waals surface area contributed by atoms with E-state index in [1.165, 1.54) is 5.56 Å². The second-order valence-corrected chi connectivity index (χ2v) is 5.82. The highest BCUT2D eigenvalue weighted by atomic mass is 16.3. The van der Waals surface area contributed by atoms with Crippen LogP contribution >= 0.6 is 0 Å². The smallest absolute Gasteiger partial charge is 0.227 e. The summed E-state index contributed by atoms with van der Waals surface area (Å²) in [6.45, 7) is 6.16. The van der Waals surface area contributed by atoms with Gasteiger partial charge in [0.25, 0.3) is 0 Å². The molecule has 2 aromatic carbocycles. The van der Waals surface area contributed by atoms with Crippen LogP contribution in [0.2, 0.25) is 0 Å². The van der Waals surface area contributed by atoms with Crippen LogP contribution in [0.4, 0.5) is 0 Å². The summed E-state index contributed by atoms with van der Waals surface area (Å²) in [4.78, 5) is 4.65. The fourth-order valence-corrected chi connectivity index (χ4v) is 2.85. The zero-order valence-electron chi connectivity index (χ0n) is 13.2. The lowest BCUT2D eigenvalue weighted by molar-refractivity contribution is 0.617. The van der Waals surface area contributed by atoms with Crippen molar-refractivity contribution in [1.82, 2.24) is 19.7 Å². The highest BCUT2D eigenvalue weighted by molar-refractivity contribution is 5.80. The van der Waals surface area contributed by atoms with E-state index in [1.54, 1.807) is 12.7 Å². The lowest BCUT2D eigenvalue weighted by Crippen LogP contribution is -1.94. The molecule has 0 radical (unpaired) electrons. The van der Waals surface area contributed by atoms with Gasteiger partial charge in [0.15, 0.2) is 5.58 Å². The lowest BCUT2D eigenvalue weighted by Gasteiger charge is -2.07. The Morgan fingerprint density at radius 1 is 0.913 bits per heavy atom. The summed E-state index contributed by atoms with van der Waals surface area (Å²) in [6.07, 6.45) is 3.37. The van der Waals surface area contributed by atoms with Gasteiger partial charge in [0.1, 0.15) is 18.2 Å². The van der Waals surface area contributed by atoms with Gasteiger partial charge < -0.3 is 4.42 Å². The molecule has 4 rings (SSSR count). The van der Waals surface area contributed by atoms with Gasteiger partial charge in [-0.25, -0.2) is 4.98 Å². The number of aromatic nitrogens is 4. The molecule has 2 aromatic heterocycles. The summed E-state index contributed by atoms with van der Waals surface area (Å²) in [6, 6.07) is 10.3. The third-order valence-electron chi connectivity index (χ3n) is 3.97. The van der Waals surface area contributed by atoms with Crippen LogP contribution in [0.1, 0.15) is 16.7 Å². The topological polar surface area (TPSA) is 56.7 Å². The van der Waals surface area contributed by atoms with Crippen molar-refractivity contribution in [1.29, 1.82) is 0 Å². The van der Waals surface area contributed by atoms with Crippen molar-refractivity contribution in [2.75, 3.05) is 0 Å². The lowest BCUT2D eigenvalue weighted by atomic mass is 10.1. The number of rotatable bonds is 2. The van der Waals surface area contributed by atoms with Gasteiger partial charge >= 0.3 is 0 Å². The molecule has 5 nitrogen and oxygen atoms in total. The SMILES string of the molecule is Cc1cc(C)c2oc(-c3ccc(C)c(-n4cnnc4)c3)nc2c1. The van der Waals surface area contributed by atoms with Crippen molar-refractivity contribution in [2.45, 2.75) is 20.8 Å². The summed E-state index contributed by atoms with van der Waals surface area (Å²) < 4.78 is 7.89. The Morgan fingerprint density at radius 2 is 1.70 bits per heavy atom. The normalized spacial score (nSPS) is 11.3. The second kappa shape index (κ2) is 5.05. The minimum absolute atomic E-state index is 0.628. The zero-order chi connectivity index (χ0) is 16.0. The van der Waals surface area contributed by atoms with Crippen molar-refractivity contribution < 1.29 is 4.42 Å². The third kappa shape index (κ3) is 2.30. The van der Waals surface area contributed by atoms with E-state index in [0.717, 1.165) is 33.5 Å². The molecule has 114 valence electrons. The van der Waals surface area contributed by atoms with Crippen LogP contribution in [0.15, 0.2) is 47.4 Å². The quantitative estimate of drug-likeness (QED) is 0.561. The van der Waals surface area contributed by atoms with E-state index in [4.69, 9.17) is 4.42 Å². The first kappa shape index (κ1) is 13.7. The summed E-state index contributed by atoms with van der Waals surface area (Å²) in [5.74, 6) is 0.628. The number of hydrogen-bond acceptors (Lipinski definition) is 4. The molecule has 4 aromatic rings. The molecule has 0 aliphatic heterocycles. The van der Waals surface area contributed by atoms with Gasteiger partial charge in [-0.15, -0.1) is 10.2 Å². The van der Waals surface area contributed by atoms with Gasteiger partial charge in [-0.05, 0) is 55.7 Å². The molecule has 0 saturated carbocycles. The van der Waals surface area contributed by atoms with Crippen LogP contribution in [0.3, 0.4) is 0 Å². The zero-order valence-corrected chi connectivity index (χ0v) is 13.2. The Labute approximate surface area is 133 Å². The molecule has 0 aliphatic carbocycles. The van der Waals surface area contributed by atoms with E-state index >= 15 is 0 Å². The van der Waals surface area contributed by atoms with Gasteiger partial charge in [-0.3, -0.25) is 4.57 Å². The van der Waals surface area contributed by atoms with Crippen LogP contribution in [-0.4, -0.2) is 19.7 Å². The molecule has 23 heavy (non-hydrogen) atoms. The number of aryl methyl sites for hydroxylation is 3. The van der Waals surface area contributed by atoms with Crippen molar-refractivity contribution in [2.24, 2.45) is 0 Å². The summed E-state index contributed by atoms with van der Waals surface area (Å²) in [5.41, 5.74) is 7.11. The molecule has 0 spiro atoms. The molecule has 0 saturated heterocycles. The molecular weight excluding hydrogens is 288 g/mol. The first-order valence-corrected chi connectivity index (χ1v) is 7.45. The Bertz CT molecular complexity index is 999. The van der Waals surface area contributed by atoms with Crippen LogP contribution in [-0.2, 0) is 0 Å². The molecule has 5 heteroatoms. The monoisotopic (exact) mass is 304 g/mol. The van der Waals surface area contributed by atoms with Gasteiger partial charge in [-0.1, -0.05) is 12.1 Å². The maximum absolute atomic E-state index is 6.00. The minimum Gasteiger partial charge on any atom is -0.436 e. The van der Waals surface area contributed by atoms with Gasteiger partial charge in [0.05, 0.1) is 5.69 Å². The van der Waals surface area contributed by atoms with E-state index in [9.17, 15) is 0 Å². The molecule has 0 fully saturated rings. The molecule has 0 N–H and O–H groups in total. The maximum atomic E-state index is 6.00. The van der Waals surface area contributed by atoms with E-state index in [-0.39, 0.29) is 0 Å². The molecule has 0 atom stereocenters. The maximum Gasteiger partial charge on any atom is 0.227 e. The van der Waals surface area contributed by atoms with Crippen molar-refractivity contribution in [3.8, 4) is 17.1 Å². The largest absolute Gasteiger partial charge is 0.436 e. The van der Waals surface area contributed by atoms with Gasteiger partial charge in [0.2, 0.25) is 5.89 Å².